The third-order valence-electron chi connectivity index (χ3n) is 2.68. The first-order chi connectivity index (χ1) is 9.02. The summed E-state index contributed by atoms with van der Waals surface area (Å²) in [6, 6.07) is -0.752. The SMILES string of the molecule is CCNCCCN(C)S(=O)(=O)N(CC(F)(F)F)C(C)C. The molecule has 0 heterocycles. The van der Waals surface area contributed by atoms with Crippen molar-refractivity contribution in [2.75, 3.05) is 33.2 Å². The fourth-order valence-corrected chi connectivity index (χ4v) is 3.17. The number of halogens is 3. The Morgan fingerprint density at radius 3 is 2.20 bits per heavy atom. The summed E-state index contributed by atoms with van der Waals surface area (Å²) < 4.78 is 63.2. The van der Waals surface area contributed by atoms with Crippen LogP contribution in [0.3, 0.4) is 0 Å². The third kappa shape index (κ3) is 6.87. The van der Waals surface area contributed by atoms with Crippen molar-refractivity contribution in [2.45, 2.75) is 39.4 Å². The molecule has 0 spiro atoms. The summed E-state index contributed by atoms with van der Waals surface area (Å²) >= 11 is 0. The molecule has 0 radical (unpaired) electrons. The van der Waals surface area contributed by atoms with Crippen LogP contribution in [-0.2, 0) is 10.2 Å². The van der Waals surface area contributed by atoms with Gasteiger partial charge < -0.3 is 5.32 Å². The van der Waals surface area contributed by atoms with Gasteiger partial charge >= 0.3 is 6.18 Å². The van der Waals surface area contributed by atoms with Crippen LogP contribution >= 0.6 is 0 Å². The van der Waals surface area contributed by atoms with Gasteiger partial charge in [-0.2, -0.15) is 30.2 Å². The van der Waals surface area contributed by atoms with Crippen LogP contribution in [0.25, 0.3) is 0 Å². The maximum Gasteiger partial charge on any atom is 0.402 e. The third-order valence-corrected chi connectivity index (χ3v) is 4.79. The molecule has 0 unspecified atom stereocenters. The minimum Gasteiger partial charge on any atom is -0.317 e. The highest BCUT2D eigenvalue weighted by Crippen LogP contribution is 2.21. The Kier molecular flexibility index (Phi) is 8.00. The molecule has 0 atom stereocenters. The topological polar surface area (TPSA) is 52.7 Å². The Morgan fingerprint density at radius 2 is 1.80 bits per heavy atom. The summed E-state index contributed by atoms with van der Waals surface area (Å²) in [5.41, 5.74) is 0. The maximum atomic E-state index is 12.5. The van der Waals surface area contributed by atoms with Crippen LogP contribution in [-0.4, -0.2) is 62.5 Å². The van der Waals surface area contributed by atoms with Crippen LogP contribution in [0.4, 0.5) is 13.2 Å². The zero-order valence-corrected chi connectivity index (χ0v) is 13.2. The maximum absolute atomic E-state index is 12.5. The van der Waals surface area contributed by atoms with Crippen molar-refractivity contribution in [3.63, 3.8) is 0 Å². The molecule has 0 rings (SSSR count). The predicted octanol–water partition coefficient (Wildman–Crippen LogP) is 1.44. The number of alkyl halides is 3. The van der Waals surface area contributed by atoms with Crippen LogP contribution in [0, 0.1) is 0 Å². The second kappa shape index (κ2) is 8.16. The first-order valence-electron chi connectivity index (χ1n) is 6.53. The van der Waals surface area contributed by atoms with E-state index in [2.05, 4.69) is 5.32 Å². The van der Waals surface area contributed by atoms with Gasteiger partial charge in [0.15, 0.2) is 0 Å². The average Bonchev–Trinajstić information content (AvgIpc) is 2.29. The molecule has 122 valence electrons. The molecule has 0 aromatic heterocycles. The molecule has 0 aliphatic heterocycles. The van der Waals surface area contributed by atoms with Crippen molar-refractivity contribution in [3.05, 3.63) is 0 Å². The van der Waals surface area contributed by atoms with Gasteiger partial charge in [0.25, 0.3) is 10.2 Å². The summed E-state index contributed by atoms with van der Waals surface area (Å²) in [4.78, 5) is 0. The van der Waals surface area contributed by atoms with E-state index < -0.39 is 29.0 Å². The molecular weight excluding hydrogens is 295 g/mol. The van der Waals surface area contributed by atoms with E-state index in [-0.39, 0.29) is 6.54 Å². The quantitative estimate of drug-likeness (QED) is 0.654. The monoisotopic (exact) mass is 319 g/mol. The Bertz CT molecular complexity index is 372. The molecule has 0 fully saturated rings. The van der Waals surface area contributed by atoms with Crippen molar-refractivity contribution in [1.82, 2.24) is 13.9 Å². The smallest absolute Gasteiger partial charge is 0.317 e. The highest BCUT2D eigenvalue weighted by Gasteiger charge is 2.39. The van der Waals surface area contributed by atoms with E-state index in [0.717, 1.165) is 10.8 Å². The molecule has 9 heteroatoms. The first-order valence-corrected chi connectivity index (χ1v) is 7.92. The normalized spacial score (nSPS) is 13.7. The average molecular weight is 319 g/mol. The Labute approximate surface area is 119 Å². The highest BCUT2D eigenvalue weighted by atomic mass is 32.2. The van der Waals surface area contributed by atoms with Gasteiger partial charge in [-0.3, -0.25) is 0 Å². The minimum atomic E-state index is -4.55. The minimum absolute atomic E-state index is 0.177. The van der Waals surface area contributed by atoms with E-state index in [0.29, 0.717) is 17.3 Å². The van der Waals surface area contributed by atoms with Crippen LogP contribution in [0.2, 0.25) is 0 Å². The number of hydrogen-bond donors (Lipinski definition) is 1. The summed E-state index contributed by atoms with van der Waals surface area (Å²) in [6.45, 7) is 4.87. The number of nitrogens with zero attached hydrogens (tertiary/aromatic N) is 2. The van der Waals surface area contributed by atoms with E-state index in [1.165, 1.54) is 20.9 Å². The van der Waals surface area contributed by atoms with Gasteiger partial charge in [0.05, 0.1) is 0 Å². The Balaban J connectivity index is 4.77. The van der Waals surface area contributed by atoms with E-state index in [1.54, 1.807) is 0 Å². The first kappa shape index (κ1) is 19.6. The number of rotatable bonds is 9. The standard InChI is InChI=1S/C11H24F3N3O2S/c1-5-15-7-6-8-16(4)20(18,19)17(10(2)3)9-11(12,13)14/h10,15H,5-9H2,1-4H3. The van der Waals surface area contributed by atoms with Crippen LogP contribution in [0.5, 0.6) is 0 Å². The van der Waals surface area contributed by atoms with E-state index in [4.69, 9.17) is 0 Å². The zero-order valence-electron chi connectivity index (χ0n) is 12.4. The van der Waals surface area contributed by atoms with E-state index in [9.17, 15) is 21.6 Å². The molecule has 0 aromatic carbocycles. The van der Waals surface area contributed by atoms with Crippen LogP contribution in [0.1, 0.15) is 27.2 Å². The second-order valence-corrected chi connectivity index (χ2v) is 6.78. The lowest BCUT2D eigenvalue weighted by Gasteiger charge is -2.31. The van der Waals surface area contributed by atoms with Gasteiger partial charge in [0.1, 0.15) is 6.54 Å². The molecule has 0 saturated carbocycles. The largest absolute Gasteiger partial charge is 0.402 e. The van der Waals surface area contributed by atoms with Gasteiger partial charge in [-0.05, 0) is 33.4 Å². The molecule has 0 amide bonds. The summed E-state index contributed by atoms with van der Waals surface area (Å²) in [6.07, 6.45) is -4.01. The summed E-state index contributed by atoms with van der Waals surface area (Å²) in [5.74, 6) is 0. The lowest BCUT2D eigenvalue weighted by atomic mass is 10.4. The molecule has 20 heavy (non-hydrogen) atoms. The van der Waals surface area contributed by atoms with Crippen molar-refractivity contribution in [2.24, 2.45) is 0 Å². The van der Waals surface area contributed by atoms with Gasteiger partial charge in [0.2, 0.25) is 0 Å². The Hall–Kier alpha value is -0.380. The number of nitrogens with one attached hydrogen (secondary N) is 1. The summed E-state index contributed by atoms with van der Waals surface area (Å²) in [5, 5.41) is 3.03. The van der Waals surface area contributed by atoms with Crippen molar-refractivity contribution in [3.8, 4) is 0 Å². The van der Waals surface area contributed by atoms with Gasteiger partial charge in [-0.25, -0.2) is 0 Å². The molecule has 0 saturated heterocycles. The second-order valence-electron chi connectivity index (χ2n) is 4.79. The van der Waals surface area contributed by atoms with Crippen LogP contribution in [0.15, 0.2) is 0 Å². The highest BCUT2D eigenvalue weighted by molar-refractivity contribution is 7.86. The lowest BCUT2D eigenvalue weighted by Crippen LogP contribution is -2.49. The molecule has 5 nitrogen and oxygen atoms in total. The summed E-state index contributed by atoms with van der Waals surface area (Å²) in [7, 11) is -2.80. The zero-order chi connectivity index (χ0) is 16.0. The Morgan fingerprint density at radius 1 is 1.25 bits per heavy atom. The fourth-order valence-electron chi connectivity index (χ4n) is 1.61. The van der Waals surface area contributed by atoms with Crippen molar-refractivity contribution < 1.29 is 21.6 Å². The molecule has 0 aliphatic rings. The van der Waals surface area contributed by atoms with Gasteiger partial charge in [-0.15, -0.1) is 0 Å². The molecule has 0 aromatic rings. The van der Waals surface area contributed by atoms with E-state index in [1.807, 2.05) is 6.92 Å². The van der Waals surface area contributed by atoms with Gasteiger partial charge in [-0.1, -0.05) is 6.92 Å². The predicted molar refractivity (Wildman–Crippen MR) is 72.6 cm³/mol. The van der Waals surface area contributed by atoms with Crippen LogP contribution < -0.4 is 5.32 Å². The number of hydrogen-bond acceptors (Lipinski definition) is 3. The molecule has 0 bridgehead atoms. The fraction of sp³-hybridized carbons (Fsp3) is 1.00. The molecule has 1 N–H and O–H groups in total. The van der Waals surface area contributed by atoms with Crippen molar-refractivity contribution in [1.29, 1.82) is 0 Å². The van der Waals surface area contributed by atoms with Crippen molar-refractivity contribution >= 4 is 10.2 Å². The molecule has 0 aliphatic carbocycles. The molecular formula is C11H24F3N3O2S. The lowest BCUT2D eigenvalue weighted by molar-refractivity contribution is -0.138. The van der Waals surface area contributed by atoms with E-state index >= 15 is 0 Å². The van der Waals surface area contributed by atoms with Gasteiger partial charge in [0, 0.05) is 19.6 Å².